The molecule has 0 aliphatic rings. The lowest BCUT2D eigenvalue weighted by molar-refractivity contribution is -0.117. The zero-order chi connectivity index (χ0) is 15.0. The van der Waals surface area contributed by atoms with Crippen LogP contribution in [-0.4, -0.2) is 37.4 Å². The third-order valence-electron chi connectivity index (χ3n) is 2.56. The first-order chi connectivity index (χ1) is 9.56. The van der Waals surface area contributed by atoms with Crippen LogP contribution in [0.5, 0.6) is 0 Å². The summed E-state index contributed by atoms with van der Waals surface area (Å²) in [6, 6.07) is 4.22. The van der Waals surface area contributed by atoms with Crippen molar-refractivity contribution in [2.24, 2.45) is 0 Å². The number of benzene rings is 1. The van der Waals surface area contributed by atoms with Crippen molar-refractivity contribution in [2.75, 3.05) is 20.3 Å². The summed E-state index contributed by atoms with van der Waals surface area (Å²) in [6.07, 6.45) is 3.06. The zero-order valence-electron chi connectivity index (χ0n) is 11.1. The fourth-order valence-electron chi connectivity index (χ4n) is 1.61. The summed E-state index contributed by atoms with van der Waals surface area (Å²) in [5, 5.41) is 11.5. The first-order valence-corrected chi connectivity index (χ1v) is 6.89. The van der Waals surface area contributed by atoms with Crippen LogP contribution in [0.15, 0.2) is 28.7 Å². The molecule has 4 nitrogen and oxygen atoms in total. The number of hydrogen-bond donors (Lipinski definition) is 2. The van der Waals surface area contributed by atoms with Gasteiger partial charge in [0.1, 0.15) is 5.82 Å². The van der Waals surface area contributed by atoms with Crippen LogP contribution in [-0.2, 0) is 9.53 Å². The SMILES string of the molecule is COCC(CCO)NC(=O)/C=C/c1cc(Br)ccc1F. The van der Waals surface area contributed by atoms with Crippen molar-refractivity contribution in [2.45, 2.75) is 12.5 Å². The van der Waals surface area contributed by atoms with Gasteiger partial charge >= 0.3 is 0 Å². The number of rotatable bonds is 7. The van der Waals surface area contributed by atoms with Crippen LogP contribution in [0.4, 0.5) is 4.39 Å². The minimum absolute atomic E-state index is 0.0434. The summed E-state index contributed by atoms with van der Waals surface area (Å²) in [5.41, 5.74) is 0.319. The largest absolute Gasteiger partial charge is 0.396 e. The summed E-state index contributed by atoms with van der Waals surface area (Å²) in [5.74, 6) is -0.763. The Bertz CT molecular complexity index is 473. The normalized spacial score (nSPS) is 12.6. The summed E-state index contributed by atoms with van der Waals surface area (Å²) in [7, 11) is 1.52. The molecule has 1 aromatic carbocycles. The summed E-state index contributed by atoms with van der Waals surface area (Å²) >= 11 is 3.24. The summed E-state index contributed by atoms with van der Waals surface area (Å²) in [4.78, 5) is 11.7. The first-order valence-electron chi connectivity index (χ1n) is 6.10. The van der Waals surface area contributed by atoms with Gasteiger partial charge in [0.2, 0.25) is 5.91 Å². The molecule has 0 saturated carbocycles. The second-order valence-electron chi connectivity index (χ2n) is 4.17. The number of aliphatic hydroxyl groups is 1. The highest BCUT2D eigenvalue weighted by Crippen LogP contribution is 2.16. The Kier molecular flexibility index (Phi) is 7.43. The van der Waals surface area contributed by atoms with Crippen molar-refractivity contribution in [3.63, 3.8) is 0 Å². The Morgan fingerprint density at radius 1 is 1.60 bits per heavy atom. The van der Waals surface area contributed by atoms with E-state index >= 15 is 0 Å². The van der Waals surface area contributed by atoms with E-state index < -0.39 is 5.82 Å². The molecule has 0 radical (unpaired) electrons. The van der Waals surface area contributed by atoms with Crippen LogP contribution in [0.1, 0.15) is 12.0 Å². The molecular weight excluding hydrogens is 329 g/mol. The van der Waals surface area contributed by atoms with Gasteiger partial charge in [-0.25, -0.2) is 4.39 Å². The number of methoxy groups -OCH3 is 1. The van der Waals surface area contributed by atoms with Gasteiger partial charge in [-0.1, -0.05) is 15.9 Å². The Balaban J connectivity index is 2.64. The van der Waals surface area contributed by atoms with Crippen molar-refractivity contribution >= 4 is 27.9 Å². The molecule has 1 amide bonds. The Labute approximate surface area is 125 Å². The van der Waals surface area contributed by atoms with Crippen LogP contribution >= 0.6 is 15.9 Å². The molecule has 0 aromatic heterocycles. The van der Waals surface area contributed by atoms with E-state index in [1.54, 1.807) is 12.1 Å². The molecule has 0 heterocycles. The molecule has 1 unspecified atom stereocenters. The number of amides is 1. The van der Waals surface area contributed by atoms with Crippen molar-refractivity contribution in [3.8, 4) is 0 Å². The molecule has 1 aromatic rings. The average molecular weight is 346 g/mol. The molecule has 1 atom stereocenters. The van der Waals surface area contributed by atoms with Gasteiger partial charge < -0.3 is 15.2 Å². The van der Waals surface area contributed by atoms with Crippen molar-refractivity contribution < 1.29 is 19.0 Å². The highest BCUT2D eigenvalue weighted by molar-refractivity contribution is 9.10. The molecule has 0 saturated heterocycles. The molecule has 0 spiro atoms. The Morgan fingerprint density at radius 3 is 3.00 bits per heavy atom. The van der Waals surface area contributed by atoms with E-state index in [0.717, 1.165) is 4.47 Å². The van der Waals surface area contributed by atoms with E-state index in [1.165, 1.54) is 25.3 Å². The van der Waals surface area contributed by atoms with Crippen molar-refractivity contribution in [1.82, 2.24) is 5.32 Å². The quantitative estimate of drug-likeness (QED) is 0.744. The van der Waals surface area contributed by atoms with Gasteiger partial charge in [-0.05, 0) is 30.7 Å². The average Bonchev–Trinajstić information content (AvgIpc) is 2.40. The van der Waals surface area contributed by atoms with Gasteiger partial charge in [0.05, 0.1) is 12.6 Å². The second-order valence-corrected chi connectivity index (χ2v) is 5.09. The highest BCUT2D eigenvalue weighted by atomic mass is 79.9. The van der Waals surface area contributed by atoms with E-state index in [2.05, 4.69) is 21.2 Å². The van der Waals surface area contributed by atoms with Crippen molar-refractivity contribution in [3.05, 3.63) is 40.1 Å². The number of carbonyl (C=O) groups excluding carboxylic acids is 1. The van der Waals surface area contributed by atoms with Gasteiger partial charge in [-0.3, -0.25) is 4.79 Å². The van der Waals surface area contributed by atoms with Crippen LogP contribution in [0, 0.1) is 5.82 Å². The number of halogens is 2. The standard InChI is InChI=1S/C14H17BrFNO3/c1-20-9-12(6-7-18)17-14(19)5-2-10-8-11(15)3-4-13(10)16/h2-5,8,12,18H,6-7,9H2,1H3,(H,17,19)/b5-2+. The molecule has 0 aliphatic heterocycles. The number of aliphatic hydroxyl groups excluding tert-OH is 1. The molecule has 2 N–H and O–H groups in total. The third kappa shape index (κ3) is 5.81. The Hall–Kier alpha value is -1.24. The maximum absolute atomic E-state index is 13.5. The lowest BCUT2D eigenvalue weighted by Crippen LogP contribution is -2.37. The van der Waals surface area contributed by atoms with E-state index in [0.29, 0.717) is 18.6 Å². The maximum atomic E-state index is 13.5. The summed E-state index contributed by atoms with van der Waals surface area (Å²) < 4.78 is 19.1. The second kappa shape index (κ2) is 8.84. The van der Waals surface area contributed by atoms with Crippen LogP contribution < -0.4 is 5.32 Å². The van der Waals surface area contributed by atoms with Gasteiger partial charge in [-0.15, -0.1) is 0 Å². The minimum Gasteiger partial charge on any atom is -0.396 e. The van der Waals surface area contributed by atoms with E-state index in [1.807, 2.05) is 0 Å². The number of carbonyl (C=O) groups is 1. The van der Waals surface area contributed by atoms with Crippen LogP contribution in [0.3, 0.4) is 0 Å². The molecular formula is C14H17BrFNO3. The highest BCUT2D eigenvalue weighted by Gasteiger charge is 2.09. The molecule has 110 valence electrons. The summed E-state index contributed by atoms with van der Waals surface area (Å²) in [6.45, 7) is 0.268. The molecule has 0 bridgehead atoms. The Morgan fingerprint density at radius 2 is 2.35 bits per heavy atom. The van der Waals surface area contributed by atoms with E-state index in [-0.39, 0.29) is 18.6 Å². The lowest BCUT2D eigenvalue weighted by atomic mass is 10.2. The van der Waals surface area contributed by atoms with Gasteiger partial charge in [0, 0.05) is 29.8 Å². The number of hydrogen-bond acceptors (Lipinski definition) is 3. The lowest BCUT2D eigenvalue weighted by Gasteiger charge is -2.15. The predicted octanol–water partition coefficient (Wildman–Crippen LogP) is 2.11. The third-order valence-corrected chi connectivity index (χ3v) is 3.06. The minimum atomic E-state index is -0.402. The number of nitrogens with one attached hydrogen (secondary N) is 1. The van der Waals surface area contributed by atoms with Crippen molar-refractivity contribution in [1.29, 1.82) is 0 Å². The first kappa shape index (κ1) is 16.8. The predicted molar refractivity (Wildman–Crippen MR) is 78.6 cm³/mol. The van der Waals surface area contributed by atoms with E-state index in [9.17, 15) is 9.18 Å². The molecule has 1 rings (SSSR count). The van der Waals surface area contributed by atoms with Gasteiger partial charge in [0.15, 0.2) is 0 Å². The molecule has 6 heteroatoms. The maximum Gasteiger partial charge on any atom is 0.244 e. The van der Waals surface area contributed by atoms with Crippen LogP contribution in [0.25, 0.3) is 6.08 Å². The topological polar surface area (TPSA) is 58.6 Å². The van der Waals surface area contributed by atoms with E-state index in [4.69, 9.17) is 9.84 Å². The smallest absolute Gasteiger partial charge is 0.244 e. The fourth-order valence-corrected chi connectivity index (χ4v) is 1.99. The molecule has 0 aliphatic carbocycles. The zero-order valence-corrected chi connectivity index (χ0v) is 12.7. The van der Waals surface area contributed by atoms with Gasteiger partial charge in [-0.2, -0.15) is 0 Å². The fraction of sp³-hybridized carbons (Fsp3) is 0.357. The molecule has 20 heavy (non-hydrogen) atoms. The molecule has 0 fully saturated rings. The van der Waals surface area contributed by atoms with Crippen LogP contribution in [0.2, 0.25) is 0 Å². The monoisotopic (exact) mass is 345 g/mol. The number of ether oxygens (including phenoxy) is 1. The van der Waals surface area contributed by atoms with Gasteiger partial charge in [0.25, 0.3) is 0 Å².